The van der Waals surface area contributed by atoms with Crippen LogP contribution in [-0.2, 0) is 10.5 Å². The van der Waals surface area contributed by atoms with Crippen LogP contribution in [0.2, 0.25) is 0 Å². The van der Waals surface area contributed by atoms with Gasteiger partial charge in [-0.3, -0.25) is 4.57 Å². The average Bonchev–Trinajstić information content (AvgIpc) is 3.29. The van der Waals surface area contributed by atoms with E-state index in [2.05, 4.69) is 15.0 Å². The van der Waals surface area contributed by atoms with Crippen molar-refractivity contribution in [2.45, 2.75) is 36.9 Å². The van der Waals surface area contributed by atoms with Crippen LogP contribution in [0.3, 0.4) is 0 Å². The summed E-state index contributed by atoms with van der Waals surface area (Å²) in [5.41, 5.74) is 5.89. The molecule has 0 saturated carbocycles. The number of hydrogen-bond donors (Lipinski definition) is 4. The van der Waals surface area contributed by atoms with Crippen LogP contribution in [0, 0.1) is 0 Å². The van der Waals surface area contributed by atoms with Gasteiger partial charge in [0.05, 0.1) is 20.0 Å². The molecule has 0 amide bonds. The van der Waals surface area contributed by atoms with Crippen LogP contribution >= 0.6 is 0 Å². The summed E-state index contributed by atoms with van der Waals surface area (Å²) in [6.45, 7) is 1.38. The fraction of sp³-hybridized carbons (Fsp3) is 0.421. The van der Waals surface area contributed by atoms with Crippen LogP contribution in [-0.4, -0.2) is 66.9 Å². The summed E-state index contributed by atoms with van der Waals surface area (Å²) in [7, 11) is 1.56. The van der Waals surface area contributed by atoms with E-state index >= 15 is 0 Å². The Morgan fingerprint density at radius 3 is 2.79 bits per heavy atom. The number of ether oxygens (including phenoxy) is 2. The third kappa shape index (κ3) is 2.84. The number of aromatic nitrogens is 4. The first-order valence-corrected chi connectivity index (χ1v) is 9.16. The number of anilines is 1. The van der Waals surface area contributed by atoms with E-state index in [-0.39, 0.29) is 5.82 Å². The van der Waals surface area contributed by atoms with Crippen molar-refractivity contribution in [1.82, 2.24) is 19.5 Å². The number of methoxy groups -OCH3 is 1. The number of benzene rings is 1. The highest BCUT2D eigenvalue weighted by Crippen LogP contribution is 2.47. The fourth-order valence-corrected chi connectivity index (χ4v) is 4.00. The number of aliphatic hydroxyl groups is 3. The zero-order valence-electron chi connectivity index (χ0n) is 16.0. The molecule has 1 saturated heterocycles. The number of nitrogen functional groups attached to an aromatic ring is 1. The van der Waals surface area contributed by atoms with E-state index in [4.69, 9.17) is 15.2 Å². The van der Waals surface area contributed by atoms with Crippen LogP contribution in [0.25, 0.3) is 11.2 Å². The van der Waals surface area contributed by atoms with Crippen LogP contribution < -0.4 is 10.5 Å². The maximum Gasteiger partial charge on any atom is 0.183 e. The van der Waals surface area contributed by atoms with E-state index in [1.165, 1.54) is 12.7 Å². The summed E-state index contributed by atoms with van der Waals surface area (Å²) < 4.78 is 13.0. The zero-order chi connectivity index (χ0) is 20.8. The Bertz CT molecular complexity index is 1030. The molecule has 1 aliphatic heterocycles. The first-order chi connectivity index (χ1) is 13.9. The molecule has 3 heterocycles. The minimum absolute atomic E-state index is 0.185. The number of nitrogens with two attached hydrogens (primary N) is 1. The maximum atomic E-state index is 11.1. The molecule has 0 aliphatic carbocycles. The molecule has 10 heteroatoms. The third-order valence-electron chi connectivity index (χ3n) is 5.60. The number of hydrogen-bond acceptors (Lipinski definition) is 9. The molecule has 0 spiro atoms. The van der Waals surface area contributed by atoms with Gasteiger partial charge in [0.1, 0.15) is 35.9 Å². The van der Waals surface area contributed by atoms with Crippen molar-refractivity contribution < 1.29 is 24.8 Å². The molecule has 5 N–H and O–H groups in total. The minimum Gasteiger partial charge on any atom is -0.497 e. The smallest absolute Gasteiger partial charge is 0.183 e. The lowest BCUT2D eigenvalue weighted by Gasteiger charge is -2.39. The van der Waals surface area contributed by atoms with Crippen molar-refractivity contribution in [1.29, 1.82) is 0 Å². The second kappa shape index (κ2) is 7.23. The van der Waals surface area contributed by atoms with E-state index in [1.807, 2.05) is 25.1 Å². The van der Waals surface area contributed by atoms with Crippen LogP contribution in [0.1, 0.15) is 18.4 Å². The van der Waals surface area contributed by atoms with E-state index in [9.17, 15) is 15.3 Å². The van der Waals surface area contributed by atoms with E-state index in [1.54, 1.807) is 17.7 Å². The van der Waals surface area contributed by atoms with Gasteiger partial charge in [0, 0.05) is 5.92 Å². The van der Waals surface area contributed by atoms with Crippen molar-refractivity contribution >= 4 is 17.0 Å². The molecule has 29 heavy (non-hydrogen) atoms. The normalized spacial score (nSPS) is 28.0. The largest absolute Gasteiger partial charge is 0.497 e. The number of rotatable bonds is 5. The molecular formula is C19H23N5O5. The summed E-state index contributed by atoms with van der Waals surface area (Å²) in [4.78, 5) is 12.5. The van der Waals surface area contributed by atoms with Gasteiger partial charge in [-0.05, 0) is 17.7 Å². The SMILES string of the molecule is COc1cccc([C@@H](C)[C@@]2(n3cnc4c(N)ncnc43)O[C@H](CO)[C@@H](O)[C@H]2O)c1. The van der Waals surface area contributed by atoms with Crippen molar-refractivity contribution in [3.05, 3.63) is 42.5 Å². The highest BCUT2D eigenvalue weighted by Gasteiger charge is 2.59. The van der Waals surface area contributed by atoms with Crippen LogP contribution in [0.4, 0.5) is 5.82 Å². The predicted molar refractivity (Wildman–Crippen MR) is 103 cm³/mol. The second-order valence-electron chi connectivity index (χ2n) is 7.07. The Kier molecular flexibility index (Phi) is 4.87. The molecule has 1 fully saturated rings. The summed E-state index contributed by atoms with van der Waals surface area (Å²) in [5, 5.41) is 31.4. The predicted octanol–water partition coefficient (Wildman–Crippen LogP) is -0.0135. The fourth-order valence-electron chi connectivity index (χ4n) is 4.00. The number of fused-ring (bicyclic) bond motifs is 1. The standard InChI is InChI=1S/C19H23N5O5/c1-10(11-4-3-5-12(6-11)28-2)19(16(27)15(26)13(7-25)29-19)24-9-23-14-17(20)21-8-22-18(14)24/h3-6,8-10,13,15-16,25-27H,7H2,1-2H3,(H2,20,21,22)/t10-,13-,15-,16-,19-/m1/s1. The topological polar surface area (TPSA) is 149 Å². The molecule has 3 aromatic rings. The van der Waals surface area contributed by atoms with Crippen molar-refractivity contribution in [3.63, 3.8) is 0 Å². The van der Waals surface area contributed by atoms with Crippen molar-refractivity contribution in [3.8, 4) is 5.75 Å². The Morgan fingerprint density at radius 2 is 2.10 bits per heavy atom. The van der Waals surface area contributed by atoms with Crippen molar-refractivity contribution in [2.75, 3.05) is 19.5 Å². The van der Waals surface area contributed by atoms with Gasteiger partial charge in [0.25, 0.3) is 0 Å². The third-order valence-corrected chi connectivity index (χ3v) is 5.60. The lowest BCUT2D eigenvalue weighted by atomic mass is 9.85. The molecule has 154 valence electrons. The minimum atomic E-state index is -1.51. The van der Waals surface area contributed by atoms with E-state index in [0.29, 0.717) is 16.9 Å². The molecule has 0 bridgehead atoms. The highest BCUT2D eigenvalue weighted by atomic mass is 16.6. The maximum absolute atomic E-state index is 11.1. The number of nitrogens with zero attached hydrogens (tertiary/aromatic N) is 4. The molecular weight excluding hydrogens is 378 g/mol. The Labute approximate surface area is 166 Å². The first-order valence-electron chi connectivity index (χ1n) is 9.16. The van der Waals surface area contributed by atoms with Gasteiger partial charge in [-0.25, -0.2) is 15.0 Å². The zero-order valence-corrected chi connectivity index (χ0v) is 16.0. The van der Waals surface area contributed by atoms with Gasteiger partial charge in [-0.1, -0.05) is 19.1 Å². The monoisotopic (exact) mass is 401 g/mol. The first kappa shape index (κ1) is 19.5. The summed E-state index contributed by atoms with van der Waals surface area (Å²) >= 11 is 0. The number of imidazole rings is 1. The molecule has 10 nitrogen and oxygen atoms in total. The quantitative estimate of drug-likeness (QED) is 0.463. The van der Waals surface area contributed by atoms with Crippen LogP contribution in [0.5, 0.6) is 5.75 Å². The Morgan fingerprint density at radius 1 is 1.31 bits per heavy atom. The summed E-state index contributed by atoms with van der Waals surface area (Å²) in [6, 6.07) is 7.32. The van der Waals surface area contributed by atoms with Gasteiger partial charge >= 0.3 is 0 Å². The van der Waals surface area contributed by atoms with Gasteiger partial charge in [-0.2, -0.15) is 0 Å². The van der Waals surface area contributed by atoms with Crippen LogP contribution in [0.15, 0.2) is 36.9 Å². The van der Waals surface area contributed by atoms with Gasteiger partial charge in [0.2, 0.25) is 0 Å². The second-order valence-corrected chi connectivity index (χ2v) is 7.07. The Hall–Kier alpha value is -2.79. The molecule has 0 unspecified atom stereocenters. The molecule has 4 rings (SSSR count). The molecule has 1 aromatic carbocycles. The van der Waals surface area contributed by atoms with Gasteiger partial charge in [-0.15, -0.1) is 0 Å². The highest BCUT2D eigenvalue weighted by molar-refractivity contribution is 5.81. The van der Waals surface area contributed by atoms with Crippen molar-refractivity contribution in [2.24, 2.45) is 0 Å². The summed E-state index contributed by atoms with van der Waals surface area (Å²) in [6.07, 6.45) is -0.947. The lowest BCUT2D eigenvalue weighted by molar-refractivity contribution is -0.159. The summed E-state index contributed by atoms with van der Waals surface area (Å²) in [5.74, 6) is 0.329. The number of aliphatic hydroxyl groups excluding tert-OH is 3. The Balaban J connectivity index is 1.94. The van der Waals surface area contributed by atoms with E-state index in [0.717, 1.165) is 5.56 Å². The molecule has 2 aromatic heterocycles. The van der Waals surface area contributed by atoms with Gasteiger partial charge < -0.3 is 30.5 Å². The van der Waals surface area contributed by atoms with Gasteiger partial charge in [0.15, 0.2) is 17.2 Å². The lowest BCUT2D eigenvalue weighted by Crippen LogP contribution is -2.49. The molecule has 0 radical (unpaired) electrons. The average molecular weight is 401 g/mol. The molecule has 1 aliphatic rings. The van der Waals surface area contributed by atoms with E-state index < -0.39 is 36.6 Å². The molecule has 5 atom stereocenters.